The highest BCUT2D eigenvalue weighted by Gasteiger charge is 2.34. The van der Waals surface area contributed by atoms with Crippen molar-refractivity contribution in [3.05, 3.63) is 62.8 Å². The molecule has 0 unspecified atom stereocenters. The minimum absolute atomic E-state index is 0.00512. The van der Waals surface area contributed by atoms with E-state index in [-0.39, 0.29) is 21.7 Å². The summed E-state index contributed by atoms with van der Waals surface area (Å²) in [4.78, 5) is 0. The molecule has 2 rings (SSSR count). The number of para-hydroxylation sites is 1. The molecule has 0 aliphatic heterocycles. The van der Waals surface area contributed by atoms with Crippen LogP contribution >= 0.6 is 27.5 Å². The number of alkyl halides is 3. The normalized spacial score (nSPS) is 11.5. The van der Waals surface area contributed by atoms with Crippen molar-refractivity contribution in [1.29, 1.82) is 0 Å². The lowest BCUT2D eigenvalue weighted by atomic mass is 10.1. The Kier molecular flexibility index (Phi) is 4.78. The van der Waals surface area contributed by atoms with Gasteiger partial charge in [-0.05, 0) is 39.7 Å². The highest BCUT2D eigenvalue weighted by atomic mass is 79.9. The summed E-state index contributed by atoms with van der Waals surface area (Å²) in [6, 6.07) is 7.87. The van der Waals surface area contributed by atoms with E-state index in [4.69, 9.17) is 11.6 Å². The second kappa shape index (κ2) is 6.23. The lowest BCUT2D eigenvalue weighted by molar-refractivity contribution is -0.136. The summed E-state index contributed by atoms with van der Waals surface area (Å²) in [5.74, 6) is -0.482. The zero-order chi connectivity index (χ0) is 15.6. The summed E-state index contributed by atoms with van der Waals surface area (Å²) in [6.07, 6.45) is -4.52. The first-order valence-corrected chi connectivity index (χ1v) is 7.00. The predicted molar refractivity (Wildman–Crippen MR) is 77.9 cm³/mol. The molecule has 0 aliphatic carbocycles. The van der Waals surface area contributed by atoms with Crippen LogP contribution in [0.5, 0.6) is 0 Å². The van der Waals surface area contributed by atoms with Gasteiger partial charge in [-0.2, -0.15) is 13.2 Å². The molecule has 7 heteroatoms. The first kappa shape index (κ1) is 16.1. The Labute approximate surface area is 132 Å². The largest absolute Gasteiger partial charge is 0.418 e. The SMILES string of the molecule is Fc1cccc(CNc2c(Cl)cccc2C(F)(F)F)c1Br. The Morgan fingerprint density at radius 1 is 1.10 bits per heavy atom. The number of nitrogens with one attached hydrogen (secondary N) is 1. The lowest BCUT2D eigenvalue weighted by Crippen LogP contribution is -2.11. The third-order valence-electron chi connectivity index (χ3n) is 2.81. The number of anilines is 1. The Balaban J connectivity index is 2.30. The molecule has 0 saturated heterocycles. The second-order valence-corrected chi connectivity index (χ2v) is 5.43. The minimum atomic E-state index is -4.52. The molecule has 2 aromatic rings. The van der Waals surface area contributed by atoms with E-state index in [0.29, 0.717) is 5.56 Å². The van der Waals surface area contributed by atoms with Crippen LogP contribution in [0.2, 0.25) is 5.02 Å². The molecule has 0 aromatic heterocycles. The van der Waals surface area contributed by atoms with Crippen LogP contribution < -0.4 is 5.32 Å². The highest BCUT2D eigenvalue weighted by Crippen LogP contribution is 2.38. The number of rotatable bonds is 3. The molecule has 0 heterocycles. The molecular weight excluding hydrogens is 374 g/mol. The number of hydrogen-bond acceptors (Lipinski definition) is 1. The molecule has 1 N–H and O–H groups in total. The maximum Gasteiger partial charge on any atom is 0.418 e. The molecule has 2 aromatic carbocycles. The Bertz CT molecular complexity index is 658. The monoisotopic (exact) mass is 381 g/mol. The Morgan fingerprint density at radius 3 is 2.43 bits per heavy atom. The van der Waals surface area contributed by atoms with Crippen molar-refractivity contribution >= 4 is 33.2 Å². The van der Waals surface area contributed by atoms with Gasteiger partial charge in [0.1, 0.15) is 5.82 Å². The van der Waals surface area contributed by atoms with Crippen LogP contribution in [0.3, 0.4) is 0 Å². The van der Waals surface area contributed by atoms with Crippen molar-refractivity contribution in [3.63, 3.8) is 0 Å². The minimum Gasteiger partial charge on any atom is -0.379 e. The van der Waals surface area contributed by atoms with Crippen LogP contribution in [0.1, 0.15) is 11.1 Å². The van der Waals surface area contributed by atoms with Gasteiger partial charge in [-0.1, -0.05) is 29.8 Å². The molecule has 0 aliphatic rings. The van der Waals surface area contributed by atoms with Gasteiger partial charge < -0.3 is 5.32 Å². The molecule has 0 fully saturated rings. The zero-order valence-electron chi connectivity index (χ0n) is 10.4. The summed E-state index contributed by atoms with van der Waals surface area (Å²) in [7, 11) is 0. The molecule has 0 amide bonds. The van der Waals surface area contributed by atoms with Crippen LogP contribution in [0.15, 0.2) is 40.9 Å². The topological polar surface area (TPSA) is 12.0 Å². The molecule has 0 saturated carbocycles. The van der Waals surface area contributed by atoms with Crippen molar-refractivity contribution in [3.8, 4) is 0 Å². The van der Waals surface area contributed by atoms with Crippen LogP contribution in [-0.4, -0.2) is 0 Å². The van der Waals surface area contributed by atoms with E-state index in [1.807, 2.05) is 0 Å². The molecule has 1 nitrogen and oxygen atoms in total. The smallest absolute Gasteiger partial charge is 0.379 e. The van der Waals surface area contributed by atoms with Crippen molar-refractivity contribution in [1.82, 2.24) is 0 Å². The Hall–Kier alpha value is -1.27. The molecule has 0 atom stereocenters. The van der Waals surface area contributed by atoms with Crippen LogP contribution in [-0.2, 0) is 12.7 Å². The van der Waals surface area contributed by atoms with Crippen LogP contribution in [0, 0.1) is 5.82 Å². The highest BCUT2D eigenvalue weighted by molar-refractivity contribution is 9.10. The van der Waals surface area contributed by atoms with Gasteiger partial charge in [0.2, 0.25) is 0 Å². The second-order valence-electron chi connectivity index (χ2n) is 4.23. The molecule has 0 radical (unpaired) electrons. The van der Waals surface area contributed by atoms with Gasteiger partial charge in [0.15, 0.2) is 0 Å². The maximum absolute atomic E-state index is 13.4. The summed E-state index contributed by atoms with van der Waals surface area (Å²) >= 11 is 8.88. The van der Waals surface area contributed by atoms with Crippen molar-refractivity contribution in [2.75, 3.05) is 5.32 Å². The molecule has 21 heavy (non-hydrogen) atoms. The van der Waals surface area contributed by atoms with E-state index in [2.05, 4.69) is 21.2 Å². The van der Waals surface area contributed by atoms with Gasteiger partial charge in [-0.3, -0.25) is 0 Å². The quantitative estimate of drug-likeness (QED) is 0.654. The van der Waals surface area contributed by atoms with Crippen LogP contribution in [0.4, 0.5) is 23.2 Å². The van der Waals surface area contributed by atoms with Crippen molar-refractivity contribution in [2.24, 2.45) is 0 Å². The number of hydrogen-bond donors (Lipinski definition) is 1. The fraction of sp³-hybridized carbons (Fsp3) is 0.143. The van der Waals surface area contributed by atoms with Gasteiger partial charge in [-0.25, -0.2) is 4.39 Å². The van der Waals surface area contributed by atoms with E-state index < -0.39 is 17.6 Å². The van der Waals surface area contributed by atoms with E-state index >= 15 is 0 Å². The first-order chi connectivity index (χ1) is 9.80. The molecule has 0 bridgehead atoms. The molecule has 112 valence electrons. The fourth-order valence-electron chi connectivity index (χ4n) is 1.81. The van der Waals surface area contributed by atoms with Gasteiger partial charge in [0, 0.05) is 6.54 Å². The first-order valence-electron chi connectivity index (χ1n) is 5.83. The average Bonchev–Trinajstić information content (AvgIpc) is 2.40. The third-order valence-corrected chi connectivity index (χ3v) is 4.01. The van der Waals surface area contributed by atoms with Gasteiger partial charge in [-0.15, -0.1) is 0 Å². The van der Waals surface area contributed by atoms with E-state index in [0.717, 1.165) is 6.07 Å². The molecule has 0 spiro atoms. The summed E-state index contributed by atoms with van der Waals surface area (Å²) in [6.45, 7) is 0.00512. The summed E-state index contributed by atoms with van der Waals surface area (Å²) in [5.41, 5.74) is -0.589. The lowest BCUT2D eigenvalue weighted by Gasteiger charge is -2.16. The standard InChI is InChI=1S/C14H9BrClF4N/c15-12-8(3-1-6-11(12)17)7-21-13-9(14(18,19)20)4-2-5-10(13)16/h1-6,21H,7H2. The van der Waals surface area contributed by atoms with E-state index in [9.17, 15) is 17.6 Å². The number of benzene rings is 2. The van der Waals surface area contributed by atoms with E-state index in [1.165, 1.54) is 24.3 Å². The molecular formula is C14H9BrClF4N. The van der Waals surface area contributed by atoms with Gasteiger partial charge in [0.25, 0.3) is 0 Å². The Morgan fingerprint density at radius 2 is 1.76 bits per heavy atom. The van der Waals surface area contributed by atoms with Gasteiger partial charge >= 0.3 is 6.18 Å². The van der Waals surface area contributed by atoms with E-state index in [1.54, 1.807) is 6.07 Å². The predicted octanol–water partition coefficient (Wildman–Crippen LogP) is 5.87. The average molecular weight is 383 g/mol. The maximum atomic E-state index is 13.4. The summed E-state index contributed by atoms with van der Waals surface area (Å²) < 4.78 is 52.4. The van der Waals surface area contributed by atoms with Crippen molar-refractivity contribution < 1.29 is 17.6 Å². The third kappa shape index (κ3) is 3.68. The van der Waals surface area contributed by atoms with Crippen molar-refractivity contribution in [2.45, 2.75) is 12.7 Å². The fourth-order valence-corrected chi connectivity index (χ4v) is 2.45. The van der Waals surface area contributed by atoms with Crippen LogP contribution in [0.25, 0.3) is 0 Å². The summed E-state index contributed by atoms with van der Waals surface area (Å²) in [5, 5.41) is 2.58. The van der Waals surface area contributed by atoms with Gasteiger partial charge in [0.05, 0.1) is 20.7 Å². The zero-order valence-corrected chi connectivity index (χ0v) is 12.8. The number of halogens is 6.